The van der Waals surface area contributed by atoms with Crippen molar-refractivity contribution in [2.75, 3.05) is 26.0 Å². The van der Waals surface area contributed by atoms with Gasteiger partial charge in [0.05, 0.1) is 5.69 Å². The zero-order chi connectivity index (χ0) is 18.3. The van der Waals surface area contributed by atoms with E-state index in [-0.39, 0.29) is 10.9 Å². The highest BCUT2D eigenvalue weighted by atomic mass is 32.2. The van der Waals surface area contributed by atoms with Crippen molar-refractivity contribution in [2.45, 2.75) is 18.1 Å². The number of aromatic nitrogens is 2. The first-order valence-corrected chi connectivity index (χ1v) is 10.2. The van der Waals surface area contributed by atoms with Gasteiger partial charge in [0.2, 0.25) is 15.0 Å². The van der Waals surface area contributed by atoms with Crippen molar-refractivity contribution in [3.8, 4) is 11.5 Å². The van der Waals surface area contributed by atoms with E-state index in [9.17, 15) is 13.5 Å². The second-order valence-electron chi connectivity index (χ2n) is 6.67. The molecule has 2 aromatic rings. The van der Waals surface area contributed by atoms with Gasteiger partial charge in [0.25, 0.3) is 0 Å². The Morgan fingerprint density at radius 3 is 3.00 bits per heavy atom. The standard InChI is InChI=1S/C18H19N3O4S/c1-26(23,24)18-19-8-14-10-21(5-4-16(14)20-18)9-12-6-13-7-15(22)2-3-17(13)25-11-12/h2-3,6-8,22H,4-5,9-11H2,1H3. The summed E-state index contributed by atoms with van der Waals surface area (Å²) >= 11 is 0. The van der Waals surface area contributed by atoms with Gasteiger partial charge < -0.3 is 9.84 Å². The topological polar surface area (TPSA) is 92.6 Å². The molecule has 0 unspecified atom stereocenters. The van der Waals surface area contributed by atoms with Gasteiger partial charge in [-0.3, -0.25) is 4.90 Å². The Labute approximate surface area is 151 Å². The van der Waals surface area contributed by atoms with Crippen molar-refractivity contribution >= 4 is 15.9 Å². The average molecular weight is 373 g/mol. The molecule has 2 aliphatic heterocycles. The first-order chi connectivity index (χ1) is 12.4. The molecule has 0 spiro atoms. The predicted octanol–water partition coefficient (Wildman–Crippen LogP) is 1.42. The molecule has 0 saturated heterocycles. The Bertz CT molecular complexity index is 1000. The van der Waals surface area contributed by atoms with Crippen LogP contribution in [0.15, 0.2) is 35.1 Å². The van der Waals surface area contributed by atoms with Crippen LogP contribution >= 0.6 is 0 Å². The molecule has 0 atom stereocenters. The number of hydrogen-bond acceptors (Lipinski definition) is 7. The van der Waals surface area contributed by atoms with Crippen molar-refractivity contribution in [1.82, 2.24) is 14.9 Å². The fraction of sp³-hybridized carbons (Fsp3) is 0.333. The van der Waals surface area contributed by atoms with Gasteiger partial charge in [-0.25, -0.2) is 18.4 Å². The number of sulfone groups is 1. The third-order valence-corrected chi connectivity index (χ3v) is 5.38. The smallest absolute Gasteiger partial charge is 0.246 e. The molecule has 0 radical (unpaired) electrons. The summed E-state index contributed by atoms with van der Waals surface area (Å²) in [6.45, 7) is 2.72. The number of fused-ring (bicyclic) bond motifs is 2. The summed E-state index contributed by atoms with van der Waals surface area (Å²) in [7, 11) is -3.39. The maximum Gasteiger partial charge on any atom is 0.246 e. The zero-order valence-electron chi connectivity index (χ0n) is 14.3. The maximum absolute atomic E-state index is 11.6. The molecule has 0 amide bonds. The zero-order valence-corrected chi connectivity index (χ0v) is 15.2. The van der Waals surface area contributed by atoms with Crippen molar-refractivity contribution < 1.29 is 18.3 Å². The highest BCUT2D eigenvalue weighted by Crippen LogP contribution is 2.30. The Kier molecular flexibility index (Phi) is 4.16. The van der Waals surface area contributed by atoms with E-state index in [1.54, 1.807) is 24.4 Å². The quantitative estimate of drug-likeness (QED) is 0.814. The van der Waals surface area contributed by atoms with E-state index in [2.05, 4.69) is 20.9 Å². The molecule has 0 aliphatic carbocycles. The molecule has 1 aromatic carbocycles. The lowest BCUT2D eigenvalue weighted by atomic mass is 10.0. The number of rotatable bonds is 3. The van der Waals surface area contributed by atoms with E-state index in [4.69, 9.17) is 4.74 Å². The van der Waals surface area contributed by atoms with Gasteiger partial charge in [-0.1, -0.05) is 0 Å². The Morgan fingerprint density at radius 2 is 2.19 bits per heavy atom. The summed E-state index contributed by atoms with van der Waals surface area (Å²) in [5.41, 5.74) is 3.77. The summed E-state index contributed by atoms with van der Waals surface area (Å²) in [6, 6.07) is 5.08. The second kappa shape index (κ2) is 6.37. The van der Waals surface area contributed by atoms with Crippen LogP contribution in [0.2, 0.25) is 0 Å². The van der Waals surface area contributed by atoms with E-state index in [0.717, 1.165) is 47.5 Å². The van der Waals surface area contributed by atoms with Gasteiger partial charge in [0, 0.05) is 49.6 Å². The van der Waals surface area contributed by atoms with Crippen LogP contribution in [0, 0.1) is 0 Å². The predicted molar refractivity (Wildman–Crippen MR) is 95.7 cm³/mol. The molecule has 26 heavy (non-hydrogen) atoms. The van der Waals surface area contributed by atoms with Gasteiger partial charge in [-0.15, -0.1) is 0 Å². The SMILES string of the molecule is CS(=O)(=O)c1ncc2c(n1)CCN(CC1=Cc3cc(O)ccc3OC1)C2. The molecule has 3 heterocycles. The highest BCUT2D eigenvalue weighted by molar-refractivity contribution is 7.90. The molecular formula is C18H19N3O4S. The number of nitrogens with zero attached hydrogens (tertiary/aromatic N) is 3. The minimum atomic E-state index is -3.39. The summed E-state index contributed by atoms with van der Waals surface area (Å²) in [5, 5.41) is 9.53. The average Bonchev–Trinajstić information content (AvgIpc) is 2.60. The number of hydrogen-bond donors (Lipinski definition) is 1. The summed E-state index contributed by atoms with van der Waals surface area (Å²) in [6.07, 6.45) is 5.47. The first-order valence-electron chi connectivity index (χ1n) is 8.31. The molecule has 1 N–H and O–H groups in total. The summed E-state index contributed by atoms with van der Waals surface area (Å²) in [4.78, 5) is 10.5. The largest absolute Gasteiger partial charge is 0.508 e. The summed E-state index contributed by atoms with van der Waals surface area (Å²) in [5.74, 6) is 0.993. The van der Waals surface area contributed by atoms with Crippen LogP contribution in [0.5, 0.6) is 11.5 Å². The van der Waals surface area contributed by atoms with Crippen LogP contribution in [0.4, 0.5) is 0 Å². The number of benzene rings is 1. The summed E-state index contributed by atoms with van der Waals surface area (Å²) < 4.78 is 28.9. The molecule has 8 heteroatoms. The van der Waals surface area contributed by atoms with Gasteiger partial charge in [-0.2, -0.15) is 0 Å². The molecule has 2 aliphatic rings. The maximum atomic E-state index is 11.6. The highest BCUT2D eigenvalue weighted by Gasteiger charge is 2.22. The van der Waals surface area contributed by atoms with Crippen LogP contribution in [0.1, 0.15) is 16.8 Å². The van der Waals surface area contributed by atoms with Crippen LogP contribution in [0.25, 0.3) is 6.08 Å². The second-order valence-corrected chi connectivity index (χ2v) is 8.58. The fourth-order valence-electron chi connectivity index (χ4n) is 3.26. The molecule has 7 nitrogen and oxygen atoms in total. The van der Waals surface area contributed by atoms with Crippen molar-refractivity contribution in [3.05, 3.63) is 46.8 Å². The molecule has 4 rings (SSSR count). The first kappa shape index (κ1) is 17.0. The lowest BCUT2D eigenvalue weighted by molar-refractivity contribution is 0.254. The fourth-order valence-corrected chi connectivity index (χ4v) is 3.78. The number of phenols is 1. The Hall–Kier alpha value is -2.45. The van der Waals surface area contributed by atoms with Gasteiger partial charge in [-0.05, 0) is 29.8 Å². The molecule has 0 saturated carbocycles. The minimum Gasteiger partial charge on any atom is -0.508 e. The number of aromatic hydroxyl groups is 1. The molecule has 1 aromatic heterocycles. The Morgan fingerprint density at radius 1 is 1.35 bits per heavy atom. The molecule has 136 valence electrons. The minimum absolute atomic E-state index is 0.107. The van der Waals surface area contributed by atoms with Crippen LogP contribution < -0.4 is 4.74 Å². The van der Waals surface area contributed by atoms with E-state index < -0.39 is 9.84 Å². The van der Waals surface area contributed by atoms with Crippen molar-refractivity contribution in [2.24, 2.45) is 0 Å². The Balaban J connectivity index is 1.50. The molecule has 0 fully saturated rings. The lowest BCUT2D eigenvalue weighted by Crippen LogP contribution is -2.34. The van der Waals surface area contributed by atoms with E-state index in [0.29, 0.717) is 19.6 Å². The van der Waals surface area contributed by atoms with E-state index in [1.165, 1.54) is 0 Å². The van der Waals surface area contributed by atoms with Gasteiger partial charge in [0.15, 0.2) is 0 Å². The van der Waals surface area contributed by atoms with Crippen LogP contribution in [0.3, 0.4) is 0 Å². The van der Waals surface area contributed by atoms with Crippen LogP contribution in [-0.2, 0) is 22.8 Å². The number of ether oxygens (including phenoxy) is 1. The molecule has 0 bridgehead atoms. The van der Waals surface area contributed by atoms with Crippen molar-refractivity contribution in [3.63, 3.8) is 0 Å². The normalized spacial score (nSPS) is 17.0. The van der Waals surface area contributed by atoms with Crippen molar-refractivity contribution in [1.29, 1.82) is 0 Å². The lowest BCUT2D eigenvalue weighted by Gasteiger charge is -2.30. The van der Waals surface area contributed by atoms with E-state index >= 15 is 0 Å². The van der Waals surface area contributed by atoms with Gasteiger partial charge >= 0.3 is 0 Å². The van der Waals surface area contributed by atoms with Gasteiger partial charge in [0.1, 0.15) is 18.1 Å². The third kappa shape index (κ3) is 3.42. The molecular weight excluding hydrogens is 354 g/mol. The number of phenolic OH excluding ortho intramolecular Hbond substituents is 1. The van der Waals surface area contributed by atoms with Crippen LogP contribution in [-0.4, -0.2) is 54.3 Å². The monoisotopic (exact) mass is 373 g/mol. The van der Waals surface area contributed by atoms with E-state index in [1.807, 2.05) is 0 Å². The third-order valence-electron chi connectivity index (χ3n) is 4.52.